The van der Waals surface area contributed by atoms with Crippen LogP contribution in [0.25, 0.3) is 0 Å². The Hall–Kier alpha value is -1.09. The monoisotopic (exact) mass is 178 g/mol. The summed E-state index contributed by atoms with van der Waals surface area (Å²) in [5.41, 5.74) is 7.05. The maximum atomic E-state index is 9.01. The van der Waals surface area contributed by atoms with Crippen molar-refractivity contribution in [2.45, 2.75) is 31.2 Å². The van der Waals surface area contributed by atoms with E-state index in [1.807, 2.05) is 6.07 Å². The van der Waals surface area contributed by atoms with Crippen molar-refractivity contribution in [1.29, 1.82) is 0 Å². The highest BCUT2D eigenvalue weighted by atomic mass is 16.3. The van der Waals surface area contributed by atoms with Crippen molar-refractivity contribution in [3.63, 3.8) is 0 Å². The van der Waals surface area contributed by atoms with E-state index in [2.05, 4.69) is 4.98 Å². The number of aromatic hydroxyl groups is 1. The first kappa shape index (κ1) is 8.51. The zero-order valence-corrected chi connectivity index (χ0v) is 7.53. The van der Waals surface area contributed by atoms with Crippen LogP contribution in [0, 0.1) is 0 Å². The Bertz CT molecular complexity index is 290. The Morgan fingerprint density at radius 1 is 1.46 bits per heavy atom. The molecule has 0 atom stereocenters. The van der Waals surface area contributed by atoms with Crippen molar-refractivity contribution >= 4 is 0 Å². The third-order valence-corrected chi connectivity index (χ3v) is 2.58. The third kappa shape index (κ3) is 2.18. The SMILES string of the molecule is NC1(CCc2ccc(O)cn2)CC1. The van der Waals surface area contributed by atoms with Crippen LogP contribution in [0.4, 0.5) is 0 Å². The fourth-order valence-corrected chi connectivity index (χ4v) is 1.35. The average molecular weight is 178 g/mol. The van der Waals surface area contributed by atoms with Crippen LogP contribution < -0.4 is 5.73 Å². The Labute approximate surface area is 77.6 Å². The van der Waals surface area contributed by atoms with E-state index >= 15 is 0 Å². The molecule has 3 heteroatoms. The molecule has 1 heterocycles. The number of hydrogen-bond donors (Lipinski definition) is 2. The second-order valence-corrected chi connectivity index (χ2v) is 3.87. The van der Waals surface area contributed by atoms with Gasteiger partial charge in [0.1, 0.15) is 5.75 Å². The molecule has 1 saturated carbocycles. The van der Waals surface area contributed by atoms with Crippen LogP contribution in [-0.4, -0.2) is 15.6 Å². The minimum atomic E-state index is 0.0968. The quantitative estimate of drug-likeness (QED) is 0.731. The molecule has 1 fully saturated rings. The molecule has 0 bridgehead atoms. The second-order valence-electron chi connectivity index (χ2n) is 3.87. The number of hydrogen-bond acceptors (Lipinski definition) is 3. The van der Waals surface area contributed by atoms with Crippen LogP contribution in [0.1, 0.15) is 25.0 Å². The Morgan fingerprint density at radius 2 is 2.23 bits per heavy atom. The highest BCUT2D eigenvalue weighted by Crippen LogP contribution is 2.36. The first-order chi connectivity index (χ1) is 6.18. The third-order valence-electron chi connectivity index (χ3n) is 2.58. The lowest BCUT2D eigenvalue weighted by atomic mass is 10.1. The molecule has 1 aliphatic carbocycles. The molecular weight excluding hydrogens is 164 g/mol. The lowest BCUT2D eigenvalue weighted by molar-refractivity contribution is 0.471. The minimum absolute atomic E-state index is 0.0968. The van der Waals surface area contributed by atoms with E-state index in [0.29, 0.717) is 0 Å². The van der Waals surface area contributed by atoms with E-state index in [1.54, 1.807) is 6.07 Å². The number of rotatable bonds is 3. The average Bonchev–Trinajstić information content (AvgIpc) is 2.84. The summed E-state index contributed by atoms with van der Waals surface area (Å²) in [6.45, 7) is 0. The van der Waals surface area contributed by atoms with Gasteiger partial charge in [-0.15, -0.1) is 0 Å². The molecule has 1 aromatic rings. The van der Waals surface area contributed by atoms with Crippen LogP contribution in [0.2, 0.25) is 0 Å². The summed E-state index contributed by atoms with van der Waals surface area (Å²) in [4.78, 5) is 4.10. The highest BCUT2D eigenvalue weighted by molar-refractivity contribution is 5.18. The van der Waals surface area contributed by atoms with Crippen LogP contribution in [0.15, 0.2) is 18.3 Å². The Morgan fingerprint density at radius 3 is 2.77 bits per heavy atom. The largest absolute Gasteiger partial charge is 0.506 e. The summed E-state index contributed by atoms with van der Waals surface area (Å²) >= 11 is 0. The minimum Gasteiger partial charge on any atom is -0.506 e. The van der Waals surface area contributed by atoms with Gasteiger partial charge in [0.25, 0.3) is 0 Å². The molecule has 1 aliphatic rings. The van der Waals surface area contributed by atoms with E-state index in [9.17, 15) is 0 Å². The predicted octanol–water partition coefficient (Wildman–Crippen LogP) is 1.21. The van der Waals surface area contributed by atoms with E-state index in [1.165, 1.54) is 6.20 Å². The molecule has 0 spiro atoms. The second kappa shape index (κ2) is 3.00. The van der Waals surface area contributed by atoms with E-state index in [4.69, 9.17) is 10.8 Å². The lowest BCUT2D eigenvalue weighted by Crippen LogP contribution is -2.22. The number of pyridine rings is 1. The van der Waals surface area contributed by atoms with Gasteiger partial charge in [0, 0.05) is 11.2 Å². The molecule has 0 aromatic carbocycles. The molecule has 0 saturated heterocycles. The summed E-state index contributed by atoms with van der Waals surface area (Å²) in [6, 6.07) is 3.51. The molecule has 70 valence electrons. The standard InChI is InChI=1S/C10H14N2O/c11-10(5-6-10)4-3-8-1-2-9(13)7-12-8/h1-2,7,13H,3-6,11H2. The van der Waals surface area contributed by atoms with Crippen LogP contribution >= 0.6 is 0 Å². The lowest BCUT2D eigenvalue weighted by Gasteiger charge is -2.06. The molecule has 0 amide bonds. The number of aromatic nitrogens is 1. The maximum Gasteiger partial charge on any atom is 0.133 e. The fourth-order valence-electron chi connectivity index (χ4n) is 1.35. The van der Waals surface area contributed by atoms with Crippen molar-refractivity contribution in [1.82, 2.24) is 4.98 Å². The van der Waals surface area contributed by atoms with E-state index in [-0.39, 0.29) is 11.3 Å². The molecule has 0 aliphatic heterocycles. The van der Waals surface area contributed by atoms with Gasteiger partial charge in [0.15, 0.2) is 0 Å². The van der Waals surface area contributed by atoms with Crippen molar-refractivity contribution in [3.05, 3.63) is 24.0 Å². The van der Waals surface area contributed by atoms with Crippen molar-refractivity contribution in [2.24, 2.45) is 5.73 Å². The summed E-state index contributed by atoms with van der Waals surface area (Å²) in [6.07, 6.45) is 5.68. The topological polar surface area (TPSA) is 59.1 Å². The van der Waals surface area contributed by atoms with Crippen LogP contribution in [0.5, 0.6) is 5.75 Å². The van der Waals surface area contributed by atoms with Gasteiger partial charge in [-0.3, -0.25) is 4.98 Å². The molecule has 1 aromatic heterocycles. The maximum absolute atomic E-state index is 9.01. The molecule has 2 rings (SSSR count). The van der Waals surface area contributed by atoms with Crippen molar-refractivity contribution in [2.75, 3.05) is 0 Å². The van der Waals surface area contributed by atoms with Gasteiger partial charge in [0.05, 0.1) is 6.20 Å². The summed E-state index contributed by atoms with van der Waals surface area (Å²) < 4.78 is 0. The van der Waals surface area contributed by atoms with E-state index < -0.39 is 0 Å². The number of aryl methyl sites for hydroxylation is 1. The molecule has 3 N–H and O–H groups in total. The first-order valence-electron chi connectivity index (χ1n) is 4.61. The van der Waals surface area contributed by atoms with Crippen molar-refractivity contribution < 1.29 is 5.11 Å². The van der Waals surface area contributed by atoms with E-state index in [0.717, 1.165) is 31.4 Å². The number of nitrogens with two attached hydrogens (primary N) is 1. The van der Waals surface area contributed by atoms with Gasteiger partial charge >= 0.3 is 0 Å². The van der Waals surface area contributed by atoms with Gasteiger partial charge in [-0.1, -0.05) is 0 Å². The van der Waals surface area contributed by atoms with Crippen molar-refractivity contribution in [3.8, 4) is 5.75 Å². The zero-order chi connectivity index (χ0) is 9.31. The van der Waals surface area contributed by atoms with Gasteiger partial charge in [0.2, 0.25) is 0 Å². The van der Waals surface area contributed by atoms with Crippen LogP contribution in [0.3, 0.4) is 0 Å². The number of nitrogens with zero attached hydrogens (tertiary/aromatic N) is 1. The molecule has 13 heavy (non-hydrogen) atoms. The smallest absolute Gasteiger partial charge is 0.133 e. The Kier molecular flexibility index (Phi) is 1.96. The summed E-state index contributed by atoms with van der Waals surface area (Å²) in [7, 11) is 0. The Balaban J connectivity index is 1.91. The summed E-state index contributed by atoms with van der Waals surface area (Å²) in [5.74, 6) is 0.220. The van der Waals surface area contributed by atoms with Gasteiger partial charge in [-0.25, -0.2) is 0 Å². The normalized spacial score (nSPS) is 18.5. The zero-order valence-electron chi connectivity index (χ0n) is 7.53. The molecule has 0 unspecified atom stereocenters. The van der Waals surface area contributed by atoms with Gasteiger partial charge in [-0.05, 0) is 37.8 Å². The molecule has 0 radical (unpaired) electrons. The van der Waals surface area contributed by atoms with Gasteiger partial charge in [-0.2, -0.15) is 0 Å². The first-order valence-corrected chi connectivity index (χ1v) is 4.61. The van der Waals surface area contributed by atoms with Gasteiger partial charge < -0.3 is 10.8 Å². The fraction of sp³-hybridized carbons (Fsp3) is 0.500. The predicted molar refractivity (Wildman–Crippen MR) is 50.4 cm³/mol. The highest BCUT2D eigenvalue weighted by Gasteiger charge is 2.37. The molecular formula is C10H14N2O. The summed E-state index contributed by atoms with van der Waals surface area (Å²) in [5, 5.41) is 9.01. The molecule has 3 nitrogen and oxygen atoms in total. The van der Waals surface area contributed by atoms with Crippen LogP contribution in [-0.2, 0) is 6.42 Å².